The first-order valence-electron chi connectivity index (χ1n) is 9.63. The highest BCUT2D eigenvalue weighted by Crippen LogP contribution is 2.24. The Kier molecular flexibility index (Phi) is 7.51. The number of anilines is 1. The predicted octanol–water partition coefficient (Wildman–Crippen LogP) is 6.51. The summed E-state index contributed by atoms with van der Waals surface area (Å²) < 4.78 is 0. The Morgan fingerprint density at radius 2 is 1.13 bits per heavy atom. The zero-order chi connectivity index (χ0) is 21.2. The van der Waals surface area contributed by atoms with Crippen LogP contribution >= 0.6 is 0 Å². The minimum Gasteiger partial charge on any atom is -0.396 e. The molecule has 7 heteroatoms. The molecule has 0 bridgehead atoms. The number of hydrogen-bond acceptors (Lipinski definition) is 7. The van der Waals surface area contributed by atoms with E-state index in [0.717, 1.165) is 17.9 Å². The first-order chi connectivity index (χ1) is 14.6. The molecular formula is C23H23N5O2. The third kappa shape index (κ3) is 6.42. The lowest BCUT2D eigenvalue weighted by Crippen LogP contribution is -2.02. The van der Waals surface area contributed by atoms with Gasteiger partial charge in [0.2, 0.25) is 0 Å². The van der Waals surface area contributed by atoms with Gasteiger partial charge in [-0.2, -0.15) is 20.5 Å². The molecular weight excluding hydrogens is 378 g/mol. The van der Waals surface area contributed by atoms with Gasteiger partial charge in [-0.05, 0) is 86.1 Å². The lowest BCUT2D eigenvalue weighted by atomic mass is 10.1. The number of nitrogens with zero attached hydrogens (tertiary/aromatic N) is 4. The first-order valence-corrected chi connectivity index (χ1v) is 9.63. The summed E-state index contributed by atoms with van der Waals surface area (Å²) in [4.78, 5) is 11.3. The van der Waals surface area contributed by atoms with E-state index < -0.39 is 0 Å². The van der Waals surface area contributed by atoms with Gasteiger partial charge in [0, 0.05) is 24.4 Å². The molecule has 0 heterocycles. The summed E-state index contributed by atoms with van der Waals surface area (Å²) >= 11 is 0. The van der Waals surface area contributed by atoms with Gasteiger partial charge in [-0.15, -0.1) is 0 Å². The molecule has 0 atom stereocenters. The van der Waals surface area contributed by atoms with Crippen molar-refractivity contribution in [1.29, 1.82) is 0 Å². The number of benzene rings is 3. The van der Waals surface area contributed by atoms with Crippen LogP contribution in [0.2, 0.25) is 0 Å². The van der Waals surface area contributed by atoms with E-state index in [9.17, 15) is 4.79 Å². The van der Waals surface area contributed by atoms with Crippen LogP contribution in [0.4, 0.5) is 28.4 Å². The summed E-state index contributed by atoms with van der Waals surface area (Å²) in [5, 5.41) is 28.9. The predicted molar refractivity (Wildman–Crippen MR) is 118 cm³/mol. The van der Waals surface area contributed by atoms with Crippen LogP contribution in [0.1, 0.15) is 23.7 Å². The van der Waals surface area contributed by atoms with Crippen molar-refractivity contribution in [3.63, 3.8) is 0 Å². The fourth-order valence-corrected chi connectivity index (χ4v) is 2.54. The van der Waals surface area contributed by atoms with Crippen molar-refractivity contribution in [2.75, 3.05) is 18.5 Å². The summed E-state index contributed by atoms with van der Waals surface area (Å²) in [7, 11) is 0. The average molecular weight is 401 g/mol. The number of hydrogen-bond donors (Lipinski definition) is 2. The van der Waals surface area contributed by atoms with E-state index >= 15 is 0 Å². The Morgan fingerprint density at radius 1 is 0.733 bits per heavy atom. The molecule has 0 saturated carbocycles. The van der Waals surface area contributed by atoms with E-state index in [2.05, 4.69) is 25.8 Å². The molecule has 152 valence electrons. The second-order valence-corrected chi connectivity index (χ2v) is 6.57. The second-order valence-electron chi connectivity index (χ2n) is 6.57. The number of ketones is 1. The first kappa shape index (κ1) is 21.0. The Morgan fingerprint density at radius 3 is 1.53 bits per heavy atom. The molecule has 0 spiro atoms. The number of nitrogens with one attached hydrogen (secondary N) is 1. The molecule has 0 saturated heterocycles. The summed E-state index contributed by atoms with van der Waals surface area (Å²) in [5.41, 5.74) is 4.47. The zero-order valence-electron chi connectivity index (χ0n) is 16.7. The van der Waals surface area contributed by atoms with Crippen molar-refractivity contribution in [1.82, 2.24) is 0 Å². The number of azo groups is 2. The third-order valence-corrected chi connectivity index (χ3v) is 4.22. The lowest BCUT2D eigenvalue weighted by molar-refractivity contribution is 0.101. The number of carbonyl (C=O) groups excluding carboxylic acids is 1. The van der Waals surface area contributed by atoms with E-state index in [1.807, 2.05) is 48.5 Å². The van der Waals surface area contributed by atoms with Gasteiger partial charge in [0.05, 0.1) is 22.7 Å². The molecule has 3 aromatic carbocycles. The highest BCUT2D eigenvalue weighted by molar-refractivity contribution is 5.94. The molecule has 0 amide bonds. The quantitative estimate of drug-likeness (QED) is 0.243. The minimum absolute atomic E-state index is 0.0221. The van der Waals surface area contributed by atoms with Crippen LogP contribution in [-0.2, 0) is 0 Å². The van der Waals surface area contributed by atoms with Gasteiger partial charge in [0.15, 0.2) is 5.78 Å². The molecule has 2 N–H and O–H groups in total. The number of aliphatic hydroxyl groups is 1. The fraction of sp³-hybridized carbons (Fsp3) is 0.174. The van der Waals surface area contributed by atoms with Crippen molar-refractivity contribution in [2.45, 2.75) is 13.3 Å². The molecule has 0 aliphatic heterocycles. The van der Waals surface area contributed by atoms with Crippen molar-refractivity contribution in [3.8, 4) is 0 Å². The number of carbonyl (C=O) groups is 1. The smallest absolute Gasteiger partial charge is 0.159 e. The molecule has 0 aliphatic carbocycles. The molecule has 0 aliphatic rings. The molecule has 3 rings (SSSR count). The van der Waals surface area contributed by atoms with Crippen LogP contribution < -0.4 is 5.32 Å². The van der Waals surface area contributed by atoms with Gasteiger partial charge in [0.25, 0.3) is 0 Å². The number of rotatable bonds is 9. The Bertz CT molecular complexity index is 1010. The van der Waals surface area contributed by atoms with E-state index in [4.69, 9.17) is 5.11 Å². The van der Waals surface area contributed by atoms with E-state index in [1.54, 1.807) is 24.3 Å². The number of aliphatic hydroxyl groups excluding tert-OH is 1. The molecule has 3 aromatic rings. The van der Waals surface area contributed by atoms with Crippen LogP contribution in [0.3, 0.4) is 0 Å². The topological polar surface area (TPSA) is 98.8 Å². The summed E-state index contributed by atoms with van der Waals surface area (Å²) in [6.07, 6.45) is 0.711. The fourth-order valence-electron chi connectivity index (χ4n) is 2.54. The maximum atomic E-state index is 11.3. The van der Waals surface area contributed by atoms with Gasteiger partial charge in [-0.25, -0.2) is 0 Å². The Labute approximate surface area is 175 Å². The van der Waals surface area contributed by atoms with E-state index in [1.165, 1.54) is 6.92 Å². The maximum Gasteiger partial charge on any atom is 0.159 e. The standard InChI is InChI=1S/C23H23N5O2/c1-17(30)18-3-5-20(6-4-18)25-27-22-11-13-23(14-12-22)28-26-21-9-7-19(8-10-21)24-15-2-16-29/h3-14,24,29H,2,15-16H2,1H3. The highest BCUT2D eigenvalue weighted by atomic mass is 16.3. The van der Waals surface area contributed by atoms with Crippen LogP contribution in [0.5, 0.6) is 0 Å². The molecule has 30 heavy (non-hydrogen) atoms. The number of Topliss-reactive ketones (excluding diaryl/α,β-unsaturated/α-hetero) is 1. The van der Waals surface area contributed by atoms with Gasteiger partial charge >= 0.3 is 0 Å². The van der Waals surface area contributed by atoms with Gasteiger partial charge in [0.1, 0.15) is 0 Å². The summed E-state index contributed by atoms with van der Waals surface area (Å²) in [6, 6.07) is 21.9. The van der Waals surface area contributed by atoms with Gasteiger partial charge < -0.3 is 10.4 Å². The molecule has 0 unspecified atom stereocenters. The van der Waals surface area contributed by atoms with Crippen LogP contribution in [-0.4, -0.2) is 24.0 Å². The van der Waals surface area contributed by atoms with Crippen LogP contribution in [0.15, 0.2) is 93.3 Å². The van der Waals surface area contributed by atoms with Crippen molar-refractivity contribution in [3.05, 3.63) is 78.4 Å². The van der Waals surface area contributed by atoms with Crippen molar-refractivity contribution in [2.24, 2.45) is 20.5 Å². The Hall–Kier alpha value is -3.71. The second kappa shape index (κ2) is 10.7. The monoisotopic (exact) mass is 401 g/mol. The Balaban J connectivity index is 1.56. The summed E-state index contributed by atoms with van der Waals surface area (Å²) in [5.74, 6) is 0.0221. The van der Waals surface area contributed by atoms with E-state index in [-0.39, 0.29) is 12.4 Å². The molecule has 0 radical (unpaired) electrons. The normalized spacial score (nSPS) is 11.3. The summed E-state index contributed by atoms with van der Waals surface area (Å²) in [6.45, 7) is 2.43. The third-order valence-electron chi connectivity index (χ3n) is 4.22. The lowest BCUT2D eigenvalue weighted by Gasteiger charge is -2.04. The highest BCUT2D eigenvalue weighted by Gasteiger charge is 1.99. The van der Waals surface area contributed by atoms with E-state index in [0.29, 0.717) is 29.0 Å². The SMILES string of the molecule is CC(=O)c1ccc(N=Nc2ccc(N=Nc3ccc(NCCCO)cc3)cc2)cc1. The van der Waals surface area contributed by atoms with Crippen molar-refractivity contribution >= 4 is 34.2 Å². The van der Waals surface area contributed by atoms with Crippen LogP contribution in [0.25, 0.3) is 0 Å². The van der Waals surface area contributed by atoms with Gasteiger partial charge in [-0.1, -0.05) is 0 Å². The van der Waals surface area contributed by atoms with Crippen molar-refractivity contribution < 1.29 is 9.90 Å². The molecule has 0 fully saturated rings. The minimum atomic E-state index is 0.0221. The maximum absolute atomic E-state index is 11.3. The van der Waals surface area contributed by atoms with Gasteiger partial charge in [-0.3, -0.25) is 4.79 Å². The largest absolute Gasteiger partial charge is 0.396 e. The average Bonchev–Trinajstić information content (AvgIpc) is 2.78. The molecule has 0 aromatic heterocycles. The zero-order valence-corrected chi connectivity index (χ0v) is 16.7. The van der Waals surface area contributed by atoms with Crippen LogP contribution in [0, 0.1) is 0 Å². The molecule has 7 nitrogen and oxygen atoms in total.